The van der Waals surface area contributed by atoms with Crippen LogP contribution in [-0.2, 0) is 19.5 Å². The number of nitrogens with zero attached hydrogens (tertiary/aromatic N) is 5. The lowest BCUT2D eigenvalue weighted by atomic mass is 10.2. The van der Waals surface area contributed by atoms with E-state index in [-0.39, 0.29) is 0 Å². The summed E-state index contributed by atoms with van der Waals surface area (Å²) in [4.78, 5) is 5.94. The maximum atomic E-state index is 4.92. The van der Waals surface area contributed by atoms with Crippen molar-refractivity contribution in [2.45, 2.75) is 45.7 Å². The van der Waals surface area contributed by atoms with E-state index in [0.717, 1.165) is 47.2 Å². The number of hydrogen-bond donors (Lipinski definition) is 0. The van der Waals surface area contributed by atoms with Crippen LogP contribution in [-0.4, -0.2) is 19.3 Å². The second kappa shape index (κ2) is 8.40. The van der Waals surface area contributed by atoms with Gasteiger partial charge in [0.2, 0.25) is 0 Å². The Morgan fingerprint density at radius 3 is 2.57 bits per heavy atom. The number of aryl methyl sites for hydroxylation is 1. The average Bonchev–Trinajstić information content (AvgIpc) is 3.31. The molecule has 0 aliphatic carbocycles. The lowest BCUT2D eigenvalue weighted by molar-refractivity contribution is 0.636. The standard InChI is InChI=1S/C24H25N5S/c1-2-28-21(18-9-5-3-6-10-18)17-30-24(28)25-20-14-12-19(13-15-20)23-27-26-22-11-7-4-8-16-29(22)23/h3,5-6,9-10,12-15,17H,2,4,7-8,11,16H2,1H3. The van der Waals surface area contributed by atoms with Gasteiger partial charge < -0.3 is 9.13 Å². The second-order valence-electron chi connectivity index (χ2n) is 7.57. The van der Waals surface area contributed by atoms with Gasteiger partial charge in [0.05, 0.1) is 11.4 Å². The van der Waals surface area contributed by atoms with Gasteiger partial charge in [-0.3, -0.25) is 0 Å². The van der Waals surface area contributed by atoms with Crippen LogP contribution in [0.4, 0.5) is 5.69 Å². The summed E-state index contributed by atoms with van der Waals surface area (Å²) < 4.78 is 4.56. The molecule has 152 valence electrons. The van der Waals surface area contributed by atoms with Crippen molar-refractivity contribution >= 4 is 17.0 Å². The number of aromatic nitrogens is 4. The maximum absolute atomic E-state index is 4.92. The van der Waals surface area contributed by atoms with Gasteiger partial charge >= 0.3 is 0 Å². The van der Waals surface area contributed by atoms with Crippen LogP contribution in [0.2, 0.25) is 0 Å². The molecule has 0 saturated carbocycles. The lowest BCUT2D eigenvalue weighted by Crippen LogP contribution is -2.14. The predicted molar refractivity (Wildman–Crippen MR) is 122 cm³/mol. The molecule has 0 saturated heterocycles. The predicted octanol–water partition coefficient (Wildman–Crippen LogP) is 5.45. The Kier molecular flexibility index (Phi) is 5.32. The number of benzene rings is 2. The molecule has 0 atom stereocenters. The number of thiazole rings is 1. The molecule has 4 aromatic rings. The third kappa shape index (κ3) is 3.63. The molecule has 0 spiro atoms. The van der Waals surface area contributed by atoms with Crippen molar-refractivity contribution in [2.24, 2.45) is 4.99 Å². The molecule has 5 rings (SSSR count). The van der Waals surface area contributed by atoms with Crippen LogP contribution in [0.3, 0.4) is 0 Å². The molecule has 0 N–H and O–H groups in total. The summed E-state index contributed by atoms with van der Waals surface area (Å²) >= 11 is 1.68. The minimum Gasteiger partial charge on any atom is -0.317 e. The fraction of sp³-hybridized carbons (Fsp3) is 0.292. The highest BCUT2D eigenvalue weighted by Gasteiger charge is 2.15. The Labute approximate surface area is 180 Å². The van der Waals surface area contributed by atoms with E-state index in [4.69, 9.17) is 4.99 Å². The Balaban J connectivity index is 1.47. The molecule has 3 heterocycles. The first-order valence-corrected chi connectivity index (χ1v) is 11.5. The zero-order chi connectivity index (χ0) is 20.3. The summed E-state index contributed by atoms with van der Waals surface area (Å²) in [7, 11) is 0. The summed E-state index contributed by atoms with van der Waals surface area (Å²) in [6.07, 6.45) is 4.70. The molecule has 5 nitrogen and oxygen atoms in total. The van der Waals surface area contributed by atoms with E-state index in [2.05, 4.69) is 80.2 Å². The highest BCUT2D eigenvalue weighted by Crippen LogP contribution is 2.25. The van der Waals surface area contributed by atoms with E-state index < -0.39 is 0 Å². The molecule has 0 fully saturated rings. The van der Waals surface area contributed by atoms with Gasteiger partial charge in [-0.2, -0.15) is 0 Å². The fourth-order valence-corrected chi connectivity index (χ4v) is 5.05. The van der Waals surface area contributed by atoms with Gasteiger partial charge in [0.25, 0.3) is 0 Å². The second-order valence-corrected chi connectivity index (χ2v) is 8.41. The van der Waals surface area contributed by atoms with Crippen LogP contribution in [0, 0.1) is 0 Å². The van der Waals surface area contributed by atoms with Gasteiger partial charge in [0, 0.05) is 30.5 Å². The zero-order valence-corrected chi connectivity index (χ0v) is 18.0. The van der Waals surface area contributed by atoms with Gasteiger partial charge in [-0.05, 0) is 49.6 Å². The summed E-state index contributed by atoms with van der Waals surface area (Å²) in [6, 6.07) is 18.9. The van der Waals surface area contributed by atoms with Gasteiger partial charge in [0.1, 0.15) is 5.82 Å². The smallest absolute Gasteiger partial charge is 0.190 e. The van der Waals surface area contributed by atoms with Crippen molar-refractivity contribution in [3.8, 4) is 22.6 Å². The van der Waals surface area contributed by atoms with Crippen LogP contribution < -0.4 is 4.80 Å². The van der Waals surface area contributed by atoms with Crippen molar-refractivity contribution < 1.29 is 0 Å². The first-order chi connectivity index (χ1) is 14.8. The Hall–Kier alpha value is -2.99. The largest absolute Gasteiger partial charge is 0.317 e. The monoisotopic (exact) mass is 415 g/mol. The number of rotatable bonds is 4. The molecule has 0 radical (unpaired) electrons. The Morgan fingerprint density at radius 1 is 0.933 bits per heavy atom. The van der Waals surface area contributed by atoms with Crippen LogP contribution in [0.25, 0.3) is 22.6 Å². The zero-order valence-electron chi connectivity index (χ0n) is 17.2. The Bertz CT molecular complexity index is 1200. The first-order valence-electron chi connectivity index (χ1n) is 10.6. The molecule has 0 bridgehead atoms. The maximum Gasteiger partial charge on any atom is 0.190 e. The molecule has 2 aromatic carbocycles. The van der Waals surface area contributed by atoms with Crippen LogP contribution in [0.15, 0.2) is 65.0 Å². The van der Waals surface area contributed by atoms with Crippen molar-refractivity contribution in [3.05, 3.63) is 70.6 Å². The van der Waals surface area contributed by atoms with Crippen molar-refractivity contribution in [2.75, 3.05) is 0 Å². The molecular formula is C24H25N5S. The van der Waals surface area contributed by atoms with Gasteiger partial charge in [-0.25, -0.2) is 4.99 Å². The third-order valence-corrected chi connectivity index (χ3v) is 6.51. The summed E-state index contributed by atoms with van der Waals surface area (Å²) in [5.74, 6) is 2.09. The van der Waals surface area contributed by atoms with Crippen LogP contribution in [0.1, 0.15) is 32.0 Å². The summed E-state index contributed by atoms with van der Waals surface area (Å²) in [5.41, 5.74) is 4.50. The molecule has 1 aliphatic heterocycles. The van der Waals surface area contributed by atoms with E-state index in [0.29, 0.717) is 0 Å². The molecule has 6 heteroatoms. The van der Waals surface area contributed by atoms with E-state index in [1.807, 2.05) is 6.07 Å². The summed E-state index contributed by atoms with van der Waals surface area (Å²) in [5, 5.41) is 11.1. The van der Waals surface area contributed by atoms with E-state index >= 15 is 0 Å². The molecule has 30 heavy (non-hydrogen) atoms. The average molecular weight is 416 g/mol. The Morgan fingerprint density at radius 2 is 1.77 bits per heavy atom. The molecule has 2 aromatic heterocycles. The van der Waals surface area contributed by atoms with E-state index in [1.54, 1.807) is 11.3 Å². The number of hydrogen-bond acceptors (Lipinski definition) is 4. The van der Waals surface area contributed by atoms with Crippen molar-refractivity contribution in [1.29, 1.82) is 0 Å². The lowest BCUT2D eigenvalue weighted by Gasteiger charge is -2.07. The molecule has 0 unspecified atom stereocenters. The molecule has 1 aliphatic rings. The van der Waals surface area contributed by atoms with Crippen molar-refractivity contribution in [3.63, 3.8) is 0 Å². The van der Waals surface area contributed by atoms with E-state index in [9.17, 15) is 0 Å². The molecule has 0 amide bonds. The topological polar surface area (TPSA) is 48.0 Å². The quantitative estimate of drug-likeness (QED) is 0.445. The summed E-state index contributed by atoms with van der Waals surface area (Å²) in [6.45, 7) is 4.06. The molecular weight excluding hydrogens is 390 g/mol. The van der Waals surface area contributed by atoms with Crippen LogP contribution >= 0.6 is 11.3 Å². The minimum absolute atomic E-state index is 0.885. The first kappa shape index (κ1) is 19.0. The van der Waals surface area contributed by atoms with Gasteiger partial charge in [-0.15, -0.1) is 21.5 Å². The normalized spacial score (nSPS) is 14.5. The number of fused-ring (bicyclic) bond motifs is 1. The highest BCUT2D eigenvalue weighted by molar-refractivity contribution is 7.07. The van der Waals surface area contributed by atoms with Gasteiger partial charge in [0.15, 0.2) is 10.6 Å². The van der Waals surface area contributed by atoms with Gasteiger partial charge in [-0.1, -0.05) is 36.8 Å². The SMILES string of the molecule is CCn1c(-c2ccccc2)csc1=Nc1ccc(-c2nnc3n2CCCCC3)cc1. The minimum atomic E-state index is 0.885. The third-order valence-electron chi connectivity index (χ3n) is 5.64. The highest BCUT2D eigenvalue weighted by atomic mass is 32.1. The van der Waals surface area contributed by atoms with E-state index in [1.165, 1.54) is 30.5 Å². The van der Waals surface area contributed by atoms with Crippen molar-refractivity contribution in [1.82, 2.24) is 19.3 Å². The van der Waals surface area contributed by atoms with Crippen LogP contribution in [0.5, 0.6) is 0 Å². The fourth-order valence-electron chi connectivity index (χ4n) is 4.06.